The quantitative estimate of drug-likeness (QED) is 0.341. The maximum atomic E-state index is 2.63. The van der Waals surface area contributed by atoms with Crippen LogP contribution in [-0.4, -0.2) is 20.1 Å². The van der Waals surface area contributed by atoms with E-state index in [2.05, 4.69) is 62.2 Å². The minimum Gasteiger partial charge on any atom is -0.147 e. The van der Waals surface area contributed by atoms with Crippen LogP contribution in [0.4, 0.5) is 0 Å². The van der Waals surface area contributed by atoms with Gasteiger partial charge in [-0.3, -0.25) is 0 Å². The SMILES string of the molecule is CCP(CC)[Si](C)(C)C1=[C]([Cr]([CH3])([CH3])([CH3])[CH3])CC=C1.Cl.Cl. The molecule has 0 fully saturated rings. The Morgan fingerprint density at radius 1 is 1.05 bits per heavy atom. The summed E-state index contributed by atoms with van der Waals surface area (Å²) >= 11 is -1.99. The van der Waals surface area contributed by atoms with Crippen LogP contribution in [0.1, 0.15) is 20.3 Å². The fourth-order valence-corrected chi connectivity index (χ4v) is 19.0. The van der Waals surface area contributed by atoms with Gasteiger partial charge < -0.3 is 0 Å². The van der Waals surface area contributed by atoms with E-state index in [0.717, 1.165) is 0 Å². The summed E-state index contributed by atoms with van der Waals surface area (Å²) in [6.45, 7) is 10.1. The molecule has 0 aromatic carbocycles. The summed E-state index contributed by atoms with van der Waals surface area (Å²) in [6.07, 6.45) is 9.03. The van der Waals surface area contributed by atoms with Gasteiger partial charge in [0.2, 0.25) is 0 Å². The van der Waals surface area contributed by atoms with Crippen LogP contribution in [-0.2, 0) is 12.0 Å². The Labute approximate surface area is 142 Å². The van der Waals surface area contributed by atoms with Gasteiger partial charge in [0.15, 0.2) is 0 Å². The fourth-order valence-electron chi connectivity index (χ4n) is 2.99. The van der Waals surface area contributed by atoms with Crippen LogP contribution in [0.25, 0.3) is 0 Å². The minimum atomic E-state index is -1.99. The van der Waals surface area contributed by atoms with E-state index in [0.29, 0.717) is 0 Å². The maximum absolute atomic E-state index is 2.63. The number of allylic oxidation sites excluding steroid dienone is 4. The van der Waals surface area contributed by atoms with Crippen molar-refractivity contribution >= 4 is 40.0 Å². The van der Waals surface area contributed by atoms with Gasteiger partial charge in [-0.2, -0.15) is 0 Å². The van der Waals surface area contributed by atoms with Crippen LogP contribution < -0.4 is 0 Å². The second-order valence-electron chi connectivity index (χ2n) is 7.44. The van der Waals surface area contributed by atoms with Crippen molar-refractivity contribution in [2.24, 2.45) is 0 Å². The zero-order chi connectivity index (χ0) is 14.2. The zero-order valence-electron chi connectivity index (χ0n) is 14.4. The van der Waals surface area contributed by atoms with Crippen molar-refractivity contribution in [1.82, 2.24) is 0 Å². The first-order valence-electron chi connectivity index (χ1n) is 6.99. The summed E-state index contributed by atoms with van der Waals surface area (Å²) in [5.41, 5.74) is 0. The first-order valence-corrected chi connectivity index (χ1v) is 18.3. The molecule has 0 unspecified atom stereocenters. The third kappa shape index (κ3) is 5.15. The van der Waals surface area contributed by atoms with E-state index in [1.165, 1.54) is 18.7 Å². The standard InChI is InChI=1S/C11H20PSi.4CH3.2ClH.Cr/c1-5-12(6-2)13(3,4)11-9-7-8-10-11;;;;;;;/h7,9H,5-6,8H2,1-4H3;4*1H3;2*1H;. The predicted molar refractivity (Wildman–Crippen MR) is 104 cm³/mol. The molecule has 0 aliphatic heterocycles. The van der Waals surface area contributed by atoms with Gasteiger partial charge in [0, 0.05) is 0 Å². The van der Waals surface area contributed by atoms with Gasteiger partial charge in [-0.1, -0.05) is 0 Å². The van der Waals surface area contributed by atoms with E-state index in [9.17, 15) is 0 Å². The van der Waals surface area contributed by atoms with Crippen LogP contribution in [0.5, 0.6) is 0 Å². The molecule has 20 heavy (non-hydrogen) atoms. The van der Waals surface area contributed by atoms with Crippen LogP contribution >= 0.6 is 32.3 Å². The molecule has 0 aromatic rings. The Kier molecular flexibility index (Phi) is 9.02. The van der Waals surface area contributed by atoms with Crippen molar-refractivity contribution < 1.29 is 12.0 Å². The normalized spacial score (nSPS) is 17.6. The summed E-state index contributed by atoms with van der Waals surface area (Å²) in [7, 11) is -0.971. The summed E-state index contributed by atoms with van der Waals surface area (Å²) in [6, 6.07) is 0. The van der Waals surface area contributed by atoms with E-state index in [4.69, 9.17) is 0 Å². The molecule has 0 spiro atoms. The van der Waals surface area contributed by atoms with Gasteiger partial charge in [-0.25, -0.2) is 0 Å². The zero-order valence-corrected chi connectivity index (χ0v) is 19.3. The molecular weight excluding hydrogens is 362 g/mol. The van der Waals surface area contributed by atoms with Gasteiger partial charge in [0.25, 0.3) is 0 Å². The molecule has 0 saturated carbocycles. The van der Waals surface area contributed by atoms with Gasteiger partial charge in [0.05, 0.1) is 0 Å². The van der Waals surface area contributed by atoms with Crippen molar-refractivity contribution in [2.45, 2.75) is 56.5 Å². The monoisotopic (exact) mass is 395 g/mol. The molecule has 1 aliphatic carbocycles. The summed E-state index contributed by atoms with van der Waals surface area (Å²) in [4.78, 5) is 0. The summed E-state index contributed by atoms with van der Waals surface area (Å²) in [5.74, 6) is 10.2. The third-order valence-corrected chi connectivity index (χ3v) is 20.3. The second-order valence-corrected chi connectivity index (χ2v) is 29.7. The Hall–Kier alpha value is 1.24. The Balaban J connectivity index is 0. The molecule has 1 aliphatic rings. The number of rotatable bonds is 5. The molecule has 0 nitrogen and oxygen atoms in total. The molecule has 0 aromatic heterocycles. The minimum absolute atomic E-state index is 0. The fraction of sp³-hybridized carbons (Fsp3) is 0.733. The molecule has 123 valence electrons. The molecule has 0 bridgehead atoms. The number of halogens is 2. The first-order chi connectivity index (χ1) is 8.00. The van der Waals surface area contributed by atoms with Crippen molar-refractivity contribution in [3.8, 4) is 0 Å². The van der Waals surface area contributed by atoms with Gasteiger partial charge in [-0.15, -0.1) is 24.8 Å². The van der Waals surface area contributed by atoms with Crippen LogP contribution in [0.15, 0.2) is 21.8 Å². The van der Waals surface area contributed by atoms with Crippen molar-refractivity contribution in [3.63, 3.8) is 0 Å². The molecule has 0 heterocycles. The molecule has 0 amide bonds. The van der Waals surface area contributed by atoms with Crippen molar-refractivity contribution in [3.05, 3.63) is 21.8 Å². The van der Waals surface area contributed by atoms with Crippen LogP contribution in [0.2, 0.25) is 36.2 Å². The maximum Gasteiger partial charge on any atom is -0.147 e. The van der Waals surface area contributed by atoms with E-state index in [1.807, 2.05) is 9.63 Å². The Morgan fingerprint density at radius 2 is 1.50 bits per heavy atom. The summed E-state index contributed by atoms with van der Waals surface area (Å²) < 4.78 is 1.88. The molecular formula is C15H34Cl2CrPSi. The van der Waals surface area contributed by atoms with Crippen molar-refractivity contribution in [2.75, 3.05) is 12.3 Å². The second kappa shape index (κ2) is 7.68. The van der Waals surface area contributed by atoms with Crippen LogP contribution in [0, 0.1) is 0 Å². The summed E-state index contributed by atoms with van der Waals surface area (Å²) in [5, 5.41) is 1.84. The molecule has 0 radical (unpaired) electrons. The Bertz CT molecular complexity index is 381. The molecule has 0 atom stereocenters. The van der Waals surface area contributed by atoms with Gasteiger partial charge in [0.1, 0.15) is 0 Å². The number of hydrogen-bond acceptors (Lipinski definition) is 0. The largest absolute Gasteiger partial charge is 0.147 e. The molecule has 0 saturated heterocycles. The van der Waals surface area contributed by atoms with Crippen LogP contribution in [0.3, 0.4) is 0 Å². The van der Waals surface area contributed by atoms with Gasteiger partial charge in [-0.05, 0) is 0 Å². The average molecular weight is 396 g/mol. The van der Waals surface area contributed by atoms with Crippen molar-refractivity contribution in [1.29, 1.82) is 0 Å². The van der Waals surface area contributed by atoms with Gasteiger partial charge >= 0.3 is 118 Å². The average Bonchev–Trinajstić information content (AvgIpc) is 2.66. The first kappa shape index (κ1) is 23.5. The smallest absolute Gasteiger partial charge is 0.147 e. The molecule has 5 heteroatoms. The van der Waals surface area contributed by atoms with E-state index < -0.39 is 19.7 Å². The van der Waals surface area contributed by atoms with E-state index in [1.54, 1.807) is 0 Å². The Morgan fingerprint density at radius 3 is 1.85 bits per heavy atom. The van der Waals surface area contributed by atoms with E-state index in [-0.39, 0.29) is 32.3 Å². The number of hydrogen-bond donors (Lipinski definition) is 0. The topological polar surface area (TPSA) is 0 Å². The predicted octanol–water partition coefficient (Wildman–Crippen LogP) is 7.19. The third-order valence-electron chi connectivity index (χ3n) is 4.09. The molecule has 0 N–H and O–H groups in total. The van der Waals surface area contributed by atoms with E-state index >= 15 is 0 Å². The molecule has 1 rings (SSSR count).